The van der Waals surface area contributed by atoms with Crippen molar-refractivity contribution >= 4 is 27.9 Å². The zero-order valence-electron chi connectivity index (χ0n) is 13.4. The average Bonchev–Trinajstić information content (AvgIpc) is 3.22. The Morgan fingerprint density at radius 1 is 1.18 bits per heavy atom. The molecule has 2 N–H and O–H groups in total. The summed E-state index contributed by atoms with van der Waals surface area (Å²) >= 11 is 0.544. The second-order valence-electron chi connectivity index (χ2n) is 5.41. The van der Waals surface area contributed by atoms with Gasteiger partial charge in [0.05, 0.1) is 5.56 Å². The molecule has 1 aliphatic carbocycles. The van der Waals surface area contributed by atoms with Gasteiger partial charge in [-0.3, -0.25) is 9.17 Å². The van der Waals surface area contributed by atoms with Crippen LogP contribution >= 0.6 is 11.5 Å². The summed E-state index contributed by atoms with van der Waals surface area (Å²) in [7, 11) is 0. The van der Waals surface area contributed by atoms with Gasteiger partial charge in [-0.2, -0.15) is 31.6 Å². The Balaban J connectivity index is 2.29. The van der Waals surface area contributed by atoms with E-state index < -0.39 is 46.4 Å². The number of rotatable bonds is 3. The lowest BCUT2D eigenvalue weighted by molar-refractivity contribution is -0.152. The van der Waals surface area contributed by atoms with Gasteiger partial charge < -0.3 is 5.32 Å². The van der Waals surface area contributed by atoms with Crippen molar-refractivity contribution < 1.29 is 26.3 Å². The second kappa shape index (κ2) is 6.79. The Kier molecular flexibility index (Phi) is 4.76. The summed E-state index contributed by atoms with van der Waals surface area (Å²) in [4.78, 5) is 17.5. The SMILES string of the molecule is N#Cc1c(Nc2nc(C(F)(F)F)nc(C(F)(F)F)c2C2=CC=CC2)s[nH]c1=O. The number of aromatic nitrogens is 3. The largest absolute Gasteiger partial charge is 0.451 e. The monoisotopic (exact) mass is 419 g/mol. The number of aromatic amines is 1. The lowest BCUT2D eigenvalue weighted by Crippen LogP contribution is -2.21. The summed E-state index contributed by atoms with van der Waals surface area (Å²) < 4.78 is 81.9. The molecular weight excluding hydrogens is 412 g/mol. The Morgan fingerprint density at radius 2 is 1.89 bits per heavy atom. The van der Waals surface area contributed by atoms with Gasteiger partial charge in [0.1, 0.15) is 16.9 Å². The molecule has 2 aromatic heterocycles. The van der Waals surface area contributed by atoms with E-state index >= 15 is 0 Å². The van der Waals surface area contributed by atoms with Crippen molar-refractivity contribution in [2.75, 3.05) is 5.32 Å². The number of anilines is 2. The van der Waals surface area contributed by atoms with Crippen molar-refractivity contribution in [1.29, 1.82) is 5.26 Å². The standard InChI is InChI=1S/C15H7F6N5OS/c16-14(17,18)9-8(6-3-1-2-4-6)10(25-13(23-9)15(19,20)21)24-12-7(5-22)11(27)26-28-12/h1-3H,4H2,(H,26,27)(H,23,24,25). The number of nitrogens with zero attached hydrogens (tertiary/aromatic N) is 3. The molecule has 146 valence electrons. The molecule has 0 unspecified atom stereocenters. The van der Waals surface area contributed by atoms with Crippen LogP contribution in [0.2, 0.25) is 0 Å². The topological polar surface area (TPSA) is 94.5 Å². The molecule has 0 saturated heterocycles. The van der Waals surface area contributed by atoms with Gasteiger partial charge in [-0.25, -0.2) is 9.97 Å². The van der Waals surface area contributed by atoms with Crippen LogP contribution in [0.25, 0.3) is 5.57 Å². The van der Waals surface area contributed by atoms with E-state index in [-0.39, 0.29) is 17.0 Å². The Hall–Kier alpha value is -3.14. The van der Waals surface area contributed by atoms with Gasteiger partial charge in [0, 0.05) is 0 Å². The van der Waals surface area contributed by atoms with Crippen LogP contribution in [-0.4, -0.2) is 14.3 Å². The summed E-state index contributed by atoms with van der Waals surface area (Å²) in [6, 6.07) is 1.53. The first-order valence-electron chi connectivity index (χ1n) is 7.33. The van der Waals surface area contributed by atoms with E-state index in [0.717, 1.165) is 0 Å². The van der Waals surface area contributed by atoms with Gasteiger partial charge in [-0.15, -0.1) is 0 Å². The van der Waals surface area contributed by atoms with Gasteiger partial charge >= 0.3 is 12.4 Å². The molecule has 0 spiro atoms. The van der Waals surface area contributed by atoms with E-state index in [1.807, 2.05) is 0 Å². The number of hydrogen-bond acceptors (Lipinski definition) is 6. The van der Waals surface area contributed by atoms with Gasteiger partial charge in [0.2, 0.25) is 5.82 Å². The molecule has 0 amide bonds. The fourth-order valence-corrected chi connectivity index (χ4v) is 3.10. The maximum Gasteiger partial charge on any atom is 0.451 e. The second-order valence-corrected chi connectivity index (χ2v) is 6.23. The highest BCUT2D eigenvalue weighted by molar-refractivity contribution is 7.10. The molecule has 0 bridgehead atoms. The number of H-pyrrole nitrogens is 1. The van der Waals surface area contributed by atoms with Crippen molar-refractivity contribution in [2.24, 2.45) is 0 Å². The minimum absolute atomic E-state index is 0.0148. The molecule has 6 nitrogen and oxygen atoms in total. The van der Waals surface area contributed by atoms with Crippen molar-refractivity contribution in [3.05, 3.63) is 51.2 Å². The van der Waals surface area contributed by atoms with Crippen LogP contribution in [0, 0.1) is 11.3 Å². The first kappa shape index (κ1) is 19.6. The summed E-state index contributed by atoms with van der Waals surface area (Å²) in [6.07, 6.45) is -6.21. The minimum Gasteiger partial charge on any atom is -0.329 e. The maximum atomic E-state index is 13.5. The third kappa shape index (κ3) is 3.63. The van der Waals surface area contributed by atoms with Gasteiger partial charge in [-0.1, -0.05) is 18.2 Å². The molecule has 28 heavy (non-hydrogen) atoms. The van der Waals surface area contributed by atoms with Gasteiger partial charge in [0.15, 0.2) is 11.3 Å². The Bertz CT molecular complexity index is 1090. The Morgan fingerprint density at radius 3 is 2.43 bits per heavy atom. The van der Waals surface area contributed by atoms with Crippen molar-refractivity contribution in [1.82, 2.24) is 14.3 Å². The fourth-order valence-electron chi connectivity index (χ4n) is 2.42. The molecule has 0 aliphatic heterocycles. The van der Waals surface area contributed by atoms with Crippen LogP contribution in [0.5, 0.6) is 0 Å². The van der Waals surface area contributed by atoms with Crippen LogP contribution in [0.4, 0.5) is 37.2 Å². The van der Waals surface area contributed by atoms with Gasteiger partial charge in [-0.05, 0) is 23.5 Å². The van der Waals surface area contributed by atoms with E-state index in [1.165, 1.54) is 24.3 Å². The molecule has 2 aromatic rings. The molecule has 0 saturated carbocycles. The van der Waals surface area contributed by atoms with Crippen LogP contribution in [-0.2, 0) is 12.4 Å². The molecule has 13 heteroatoms. The predicted octanol–water partition coefficient (Wildman–Crippen LogP) is 4.22. The molecule has 0 aromatic carbocycles. The summed E-state index contributed by atoms with van der Waals surface area (Å²) in [6.45, 7) is 0. The average molecular weight is 419 g/mol. The third-order valence-corrected chi connectivity index (χ3v) is 4.36. The number of allylic oxidation sites excluding steroid dienone is 4. The lowest BCUT2D eigenvalue weighted by atomic mass is 10.0. The van der Waals surface area contributed by atoms with Crippen molar-refractivity contribution in [2.45, 2.75) is 18.8 Å². The third-order valence-electron chi connectivity index (χ3n) is 3.57. The van der Waals surface area contributed by atoms with E-state index in [1.54, 1.807) is 0 Å². The summed E-state index contributed by atoms with van der Waals surface area (Å²) in [5, 5.41) is 11.0. The van der Waals surface area contributed by atoms with E-state index in [9.17, 15) is 31.1 Å². The highest BCUT2D eigenvalue weighted by atomic mass is 32.1. The highest BCUT2D eigenvalue weighted by Crippen LogP contribution is 2.42. The molecule has 2 heterocycles. The van der Waals surface area contributed by atoms with E-state index in [4.69, 9.17) is 5.26 Å². The smallest absolute Gasteiger partial charge is 0.329 e. The highest BCUT2D eigenvalue weighted by Gasteiger charge is 2.43. The van der Waals surface area contributed by atoms with Crippen LogP contribution in [0.1, 0.15) is 29.1 Å². The normalized spacial score (nSPS) is 14.1. The van der Waals surface area contributed by atoms with Crippen molar-refractivity contribution in [3.63, 3.8) is 0 Å². The van der Waals surface area contributed by atoms with E-state index in [2.05, 4.69) is 19.7 Å². The zero-order valence-corrected chi connectivity index (χ0v) is 14.2. The first-order valence-corrected chi connectivity index (χ1v) is 8.15. The van der Waals surface area contributed by atoms with Crippen molar-refractivity contribution in [3.8, 4) is 6.07 Å². The number of halogens is 6. The number of nitriles is 1. The zero-order chi connectivity index (χ0) is 20.7. The summed E-state index contributed by atoms with van der Waals surface area (Å²) in [5.41, 5.74) is -3.75. The molecular formula is C15H7F6N5OS. The molecule has 1 aliphatic rings. The number of hydrogen-bond donors (Lipinski definition) is 2. The van der Waals surface area contributed by atoms with Crippen LogP contribution < -0.4 is 10.9 Å². The Labute approximate surface area is 156 Å². The molecule has 0 atom stereocenters. The van der Waals surface area contributed by atoms with Gasteiger partial charge in [0.25, 0.3) is 5.56 Å². The number of nitrogens with one attached hydrogen (secondary N) is 2. The molecule has 3 rings (SSSR count). The minimum atomic E-state index is -5.25. The van der Waals surface area contributed by atoms with Crippen LogP contribution in [0.3, 0.4) is 0 Å². The summed E-state index contributed by atoms with van der Waals surface area (Å²) in [5.74, 6) is -2.81. The fraction of sp³-hybridized carbons (Fsp3) is 0.200. The van der Waals surface area contributed by atoms with E-state index in [0.29, 0.717) is 11.5 Å². The van der Waals surface area contributed by atoms with Crippen LogP contribution in [0.15, 0.2) is 23.0 Å². The molecule has 0 radical (unpaired) electrons. The first-order chi connectivity index (χ1) is 13.0. The maximum absolute atomic E-state index is 13.5. The quantitative estimate of drug-likeness (QED) is 0.727. The molecule has 0 fully saturated rings. The predicted molar refractivity (Wildman–Crippen MR) is 86.7 cm³/mol. The number of alkyl halides is 6. The lowest BCUT2D eigenvalue weighted by Gasteiger charge is -2.19.